The minimum Gasteiger partial charge on any atom is -0.382 e. The third-order valence-electron chi connectivity index (χ3n) is 2.81. The van der Waals surface area contributed by atoms with Gasteiger partial charge in [-0.15, -0.1) is 0 Å². The monoisotopic (exact) mass is 239 g/mol. The lowest BCUT2D eigenvalue weighted by molar-refractivity contribution is 0.136. The molecule has 0 aliphatic heterocycles. The number of hydrogen-bond acceptors (Lipinski definition) is 2. The summed E-state index contributed by atoms with van der Waals surface area (Å²) in [6.45, 7) is 8.38. The zero-order valence-corrected chi connectivity index (χ0v) is 10.9. The number of rotatable bonds is 7. The Kier molecular flexibility index (Phi) is 6.16. The summed E-state index contributed by atoms with van der Waals surface area (Å²) in [5.74, 6) is -0.175. The van der Waals surface area contributed by atoms with Gasteiger partial charge in [0.15, 0.2) is 0 Å². The first-order chi connectivity index (χ1) is 8.19. The predicted molar refractivity (Wildman–Crippen MR) is 68.7 cm³/mol. The Hall–Kier alpha value is -0.930. The van der Waals surface area contributed by atoms with Crippen molar-refractivity contribution >= 4 is 0 Å². The second-order valence-corrected chi connectivity index (χ2v) is 4.10. The van der Waals surface area contributed by atoms with Crippen molar-refractivity contribution in [1.29, 1.82) is 0 Å². The SMILES string of the molecule is CCNC(CCOCC)c1ccc(F)cc1C. The maximum absolute atomic E-state index is 13.1. The van der Waals surface area contributed by atoms with E-state index in [0.717, 1.165) is 37.3 Å². The van der Waals surface area contributed by atoms with Crippen LogP contribution in [0.5, 0.6) is 0 Å². The molecule has 0 aliphatic rings. The van der Waals surface area contributed by atoms with Crippen LogP contribution in [0.3, 0.4) is 0 Å². The summed E-state index contributed by atoms with van der Waals surface area (Å²) >= 11 is 0. The molecule has 1 atom stereocenters. The average molecular weight is 239 g/mol. The Balaban J connectivity index is 2.74. The molecule has 0 saturated heterocycles. The smallest absolute Gasteiger partial charge is 0.123 e. The molecule has 0 fully saturated rings. The van der Waals surface area contributed by atoms with Crippen LogP contribution in [0, 0.1) is 12.7 Å². The van der Waals surface area contributed by atoms with Crippen molar-refractivity contribution in [2.45, 2.75) is 33.2 Å². The van der Waals surface area contributed by atoms with Crippen molar-refractivity contribution in [2.24, 2.45) is 0 Å². The number of nitrogens with one attached hydrogen (secondary N) is 1. The summed E-state index contributed by atoms with van der Waals surface area (Å²) in [4.78, 5) is 0. The molecule has 0 radical (unpaired) electrons. The molecule has 0 bridgehead atoms. The average Bonchev–Trinajstić information content (AvgIpc) is 2.28. The van der Waals surface area contributed by atoms with Gasteiger partial charge in [-0.3, -0.25) is 0 Å². The quantitative estimate of drug-likeness (QED) is 0.738. The number of hydrogen-bond donors (Lipinski definition) is 1. The third-order valence-corrected chi connectivity index (χ3v) is 2.81. The molecule has 1 rings (SSSR count). The van der Waals surface area contributed by atoms with Gasteiger partial charge in [0.1, 0.15) is 5.82 Å². The van der Waals surface area contributed by atoms with Gasteiger partial charge >= 0.3 is 0 Å². The van der Waals surface area contributed by atoms with Gasteiger partial charge in [-0.05, 0) is 50.1 Å². The molecule has 0 saturated carbocycles. The van der Waals surface area contributed by atoms with E-state index >= 15 is 0 Å². The van der Waals surface area contributed by atoms with Crippen LogP contribution in [0.15, 0.2) is 18.2 Å². The lowest BCUT2D eigenvalue weighted by Crippen LogP contribution is -2.23. The maximum atomic E-state index is 13.1. The molecule has 1 aromatic rings. The van der Waals surface area contributed by atoms with E-state index < -0.39 is 0 Å². The van der Waals surface area contributed by atoms with E-state index in [4.69, 9.17) is 4.74 Å². The fraction of sp³-hybridized carbons (Fsp3) is 0.571. The van der Waals surface area contributed by atoms with Crippen LogP contribution in [0.1, 0.15) is 37.4 Å². The van der Waals surface area contributed by atoms with E-state index in [0.29, 0.717) is 0 Å². The van der Waals surface area contributed by atoms with Crippen molar-refractivity contribution < 1.29 is 9.13 Å². The van der Waals surface area contributed by atoms with E-state index in [2.05, 4.69) is 12.2 Å². The Morgan fingerprint density at radius 3 is 2.71 bits per heavy atom. The van der Waals surface area contributed by atoms with Gasteiger partial charge < -0.3 is 10.1 Å². The summed E-state index contributed by atoms with van der Waals surface area (Å²) in [5.41, 5.74) is 2.15. The summed E-state index contributed by atoms with van der Waals surface area (Å²) in [7, 11) is 0. The molecule has 1 N–H and O–H groups in total. The second kappa shape index (κ2) is 7.41. The zero-order valence-electron chi connectivity index (χ0n) is 10.9. The van der Waals surface area contributed by atoms with Crippen LogP contribution < -0.4 is 5.32 Å². The summed E-state index contributed by atoms with van der Waals surface area (Å²) in [6.07, 6.45) is 0.911. The summed E-state index contributed by atoms with van der Waals surface area (Å²) in [6, 6.07) is 5.21. The minimum absolute atomic E-state index is 0.175. The molecule has 0 amide bonds. The van der Waals surface area contributed by atoms with Crippen molar-refractivity contribution in [1.82, 2.24) is 5.32 Å². The fourth-order valence-electron chi connectivity index (χ4n) is 1.99. The highest BCUT2D eigenvalue weighted by Gasteiger charge is 2.12. The lowest BCUT2D eigenvalue weighted by Gasteiger charge is -2.20. The van der Waals surface area contributed by atoms with Crippen molar-refractivity contribution in [3.8, 4) is 0 Å². The van der Waals surface area contributed by atoms with Crippen LogP contribution in [-0.2, 0) is 4.74 Å². The topological polar surface area (TPSA) is 21.3 Å². The van der Waals surface area contributed by atoms with Gasteiger partial charge in [0.05, 0.1) is 0 Å². The van der Waals surface area contributed by atoms with Gasteiger partial charge in [0.2, 0.25) is 0 Å². The molecule has 1 aromatic carbocycles. The van der Waals surface area contributed by atoms with Crippen LogP contribution in [0.4, 0.5) is 4.39 Å². The largest absolute Gasteiger partial charge is 0.382 e. The highest BCUT2D eigenvalue weighted by atomic mass is 19.1. The summed E-state index contributed by atoms with van der Waals surface area (Å²) in [5, 5.41) is 3.42. The fourth-order valence-corrected chi connectivity index (χ4v) is 1.99. The van der Waals surface area contributed by atoms with Gasteiger partial charge in [-0.2, -0.15) is 0 Å². The van der Waals surface area contributed by atoms with E-state index in [1.165, 1.54) is 6.07 Å². The van der Waals surface area contributed by atoms with E-state index in [9.17, 15) is 4.39 Å². The molecule has 0 spiro atoms. The number of aryl methyl sites for hydroxylation is 1. The first-order valence-electron chi connectivity index (χ1n) is 6.26. The molecule has 3 heteroatoms. The van der Waals surface area contributed by atoms with Crippen LogP contribution in [0.25, 0.3) is 0 Å². The molecular weight excluding hydrogens is 217 g/mol. The Morgan fingerprint density at radius 1 is 1.35 bits per heavy atom. The zero-order chi connectivity index (χ0) is 12.7. The van der Waals surface area contributed by atoms with Gasteiger partial charge in [-0.25, -0.2) is 4.39 Å². The Morgan fingerprint density at radius 2 is 2.12 bits per heavy atom. The molecule has 1 unspecified atom stereocenters. The van der Waals surface area contributed by atoms with E-state index in [1.54, 1.807) is 6.07 Å². The normalized spacial score (nSPS) is 12.7. The Labute approximate surface area is 103 Å². The maximum Gasteiger partial charge on any atom is 0.123 e. The highest BCUT2D eigenvalue weighted by Crippen LogP contribution is 2.21. The van der Waals surface area contributed by atoms with E-state index in [-0.39, 0.29) is 11.9 Å². The highest BCUT2D eigenvalue weighted by molar-refractivity contribution is 5.29. The number of halogens is 1. The number of benzene rings is 1. The lowest BCUT2D eigenvalue weighted by atomic mass is 9.99. The Bertz CT molecular complexity index is 341. The predicted octanol–water partition coefficient (Wildman–Crippen LogP) is 3.21. The van der Waals surface area contributed by atoms with E-state index in [1.807, 2.05) is 19.9 Å². The molecule has 0 heterocycles. The number of ether oxygens (including phenoxy) is 1. The first kappa shape index (κ1) is 14.1. The summed E-state index contributed by atoms with van der Waals surface area (Å²) < 4.78 is 18.4. The first-order valence-corrected chi connectivity index (χ1v) is 6.26. The van der Waals surface area contributed by atoms with Gasteiger partial charge in [0, 0.05) is 19.3 Å². The van der Waals surface area contributed by atoms with Crippen LogP contribution >= 0.6 is 0 Å². The standard InChI is InChI=1S/C14H22FNO/c1-4-16-14(8-9-17-5-2)13-7-6-12(15)10-11(13)3/h6-7,10,14,16H,4-5,8-9H2,1-3H3. The second-order valence-electron chi connectivity index (χ2n) is 4.10. The minimum atomic E-state index is -0.175. The van der Waals surface area contributed by atoms with Crippen molar-refractivity contribution in [2.75, 3.05) is 19.8 Å². The molecule has 0 aliphatic carbocycles. The van der Waals surface area contributed by atoms with Crippen molar-refractivity contribution in [3.63, 3.8) is 0 Å². The van der Waals surface area contributed by atoms with Crippen LogP contribution in [-0.4, -0.2) is 19.8 Å². The van der Waals surface area contributed by atoms with Crippen LogP contribution in [0.2, 0.25) is 0 Å². The van der Waals surface area contributed by atoms with Gasteiger partial charge in [0.25, 0.3) is 0 Å². The molecular formula is C14H22FNO. The van der Waals surface area contributed by atoms with Gasteiger partial charge in [-0.1, -0.05) is 13.0 Å². The molecule has 2 nitrogen and oxygen atoms in total. The third kappa shape index (κ3) is 4.44. The molecule has 17 heavy (non-hydrogen) atoms. The molecule has 0 aromatic heterocycles. The van der Waals surface area contributed by atoms with Crippen molar-refractivity contribution in [3.05, 3.63) is 35.1 Å². The molecule has 96 valence electrons.